The highest BCUT2D eigenvalue weighted by atomic mass is 32.1. The van der Waals surface area contributed by atoms with Crippen molar-refractivity contribution in [3.63, 3.8) is 0 Å². The van der Waals surface area contributed by atoms with Gasteiger partial charge in [-0.15, -0.1) is 22.7 Å². The van der Waals surface area contributed by atoms with Crippen LogP contribution >= 0.6 is 22.7 Å². The van der Waals surface area contributed by atoms with Crippen LogP contribution in [0.2, 0.25) is 0 Å². The highest BCUT2D eigenvalue weighted by molar-refractivity contribution is 7.26. The molecule has 8 aromatic rings. The highest BCUT2D eigenvalue weighted by Gasteiger charge is 2.27. The van der Waals surface area contributed by atoms with Gasteiger partial charge in [0.25, 0.3) is 0 Å². The van der Waals surface area contributed by atoms with Crippen molar-refractivity contribution in [2.24, 2.45) is 0 Å². The lowest BCUT2D eigenvalue weighted by Crippen LogP contribution is -2.06. The summed E-state index contributed by atoms with van der Waals surface area (Å²) in [7, 11) is 0. The molecule has 1 nitrogen and oxygen atoms in total. The maximum atomic E-state index is 3.79. The second-order valence-corrected chi connectivity index (χ2v) is 17.7. The quantitative estimate of drug-likeness (QED) is 0.129. The van der Waals surface area contributed by atoms with E-state index in [1.807, 2.05) is 22.7 Å². The Morgan fingerprint density at radius 1 is 0.585 bits per heavy atom. The Hall–Kier alpha value is -4.18. The molecule has 0 radical (unpaired) electrons. The maximum absolute atomic E-state index is 3.79. The van der Waals surface area contributed by atoms with Crippen LogP contribution in [-0.4, -0.2) is 4.98 Å². The molecule has 1 atom stereocenters. The fourth-order valence-corrected chi connectivity index (χ4v) is 11.3. The number of H-pyrrole nitrogens is 1. The average Bonchev–Trinajstić information content (AvgIpc) is 3.88. The predicted octanol–water partition coefficient (Wildman–Crippen LogP) is 15.9. The van der Waals surface area contributed by atoms with Gasteiger partial charge in [-0.3, -0.25) is 0 Å². The first kappa shape index (κ1) is 34.6. The van der Waals surface area contributed by atoms with Crippen molar-refractivity contribution < 1.29 is 0 Å². The van der Waals surface area contributed by atoms with Crippen molar-refractivity contribution in [1.29, 1.82) is 0 Å². The van der Waals surface area contributed by atoms with Crippen LogP contribution in [0.1, 0.15) is 118 Å². The lowest BCUT2D eigenvalue weighted by atomic mass is 9.82. The summed E-state index contributed by atoms with van der Waals surface area (Å²) in [5.74, 6) is 0.384. The molecule has 1 aliphatic rings. The third kappa shape index (κ3) is 6.34. The van der Waals surface area contributed by atoms with Gasteiger partial charge in [-0.05, 0) is 151 Å². The van der Waals surface area contributed by atoms with Crippen molar-refractivity contribution in [3.05, 3.63) is 123 Å². The second kappa shape index (κ2) is 14.6. The van der Waals surface area contributed by atoms with Gasteiger partial charge in [0.15, 0.2) is 0 Å². The summed E-state index contributed by atoms with van der Waals surface area (Å²) < 4.78 is 4.25. The number of unbranched alkanes of at least 4 members (excludes halogenated alkanes) is 3. The number of rotatable bonds is 12. The Morgan fingerprint density at radius 2 is 1.23 bits per heavy atom. The largest absolute Gasteiger partial charge is 0.355 e. The molecular weight excluding hydrogens is 679 g/mol. The van der Waals surface area contributed by atoms with Crippen molar-refractivity contribution in [3.8, 4) is 11.1 Å². The van der Waals surface area contributed by atoms with Crippen molar-refractivity contribution in [2.45, 2.75) is 104 Å². The third-order valence-corrected chi connectivity index (χ3v) is 14.4. The van der Waals surface area contributed by atoms with Crippen LogP contribution in [0.4, 0.5) is 0 Å². The van der Waals surface area contributed by atoms with Crippen LogP contribution in [0, 0.1) is 0 Å². The van der Waals surface area contributed by atoms with Crippen molar-refractivity contribution in [1.82, 2.24) is 4.98 Å². The smallest absolute Gasteiger partial charge is 0.0465 e. The number of aromatic nitrogens is 1. The van der Waals surface area contributed by atoms with E-state index < -0.39 is 0 Å². The summed E-state index contributed by atoms with van der Waals surface area (Å²) in [6, 6.07) is 33.9. The number of allylic oxidation sites excluding steroid dienone is 1. The summed E-state index contributed by atoms with van der Waals surface area (Å²) in [6.45, 7) is 9.21. The zero-order chi connectivity index (χ0) is 36.1. The summed E-state index contributed by atoms with van der Waals surface area (Å²) in [5.41, 5.74) is 14.0. The molecule has 3 aromatic heterocycles. The van der Waals surface area contributed by atoms with Gasteiger partial charge in [0.05, 0.1) is 0 Å². The highest BCUT2D eigenvalue weighted by Crippen LogP contribution is 2.48. The molecule has 3 heterocycles. The molecule has 3 heteroatoms. The first-order chi connectivity index (χ1) is 26.0. The lowest BCUT2D eigenvalue weighted by Gasteiger charge is -2.23. The van der Waals surface area contributed by atoms with E-state index in [-0.39, 0.29) is 0 Å². The molecule has 5 aromatic carbocycles. The topological polar surface area (TPSA) is 15.8 Å². The fraction of sp³-hybridized carbons (Fsp3) is 0.320. The molecule has 0 spiro atoms. The first-order valence-corrected chi connectivity index (χ1v) is 22.0. The standard InChI is InChI=1S/C50H51NS2/c1-5-9-12-32-15-21-47-41(25-32)43-24-31(8-4)23-37(49(43)52-47)35-17-19-45-39(29-35)40-30-36(18-20-46(40)51-45)38-27-34(14-11-7-3)28-44-42-26-33(13-10-6-2)16-22-48(42)53-50(38)44/h15-22,24-30,37,51H,5-14,23H2,1-4H3. The van der Waals surface area contributed by atoms with Crippen LogP contribution < -0.4 is 0 Å². The minimum Gasteiger partial charge on any atom is -0.355 e. The minimum atomic E-state index is 0.384. The Morgan fingerprint density at radius 3 is 1.94 bits per heavy atom. The first-order valence-electron chi connectivity index (χ1n) is 20.3. The Labute approximate surface area is 322 Å². The van der Waals surface area contributed by atoms with Gasteiger partial charge < -0.3 is 4.98 Å². The molecule has 0 amide bonds. The number of aryl methyl sites for hydroxylation is 3. The third-order valence-electron chi connectivity index (χ3n) is 11.9. The van der Waals surface area contributed by atoms with Crippen LogP contribution in [0.25, 0.3) is 69.3 Å². The molecule has 268 valence electrons. The zero-order valence-corrected chi connectivity index (χ0v) is 33.5. The van der Waals surface area contributed by atoms with Crippen LogP contribution in [0.3, 0.4) is 0 Å². The number of hydrogen-bond acceptors (Lipinski definition) is 2. The molecule has 0 aliphatic heterocycles. The predicted molar refractivity (Wildman–Crippen MR) is 237 cm³/mol. The molecule has 0 fully saturated rings. The van der Waals surface area contributed by atoms with Gasteiger partial charge in [0, 0.05) is 62.9 Å². The fourth-order valence-electron chi connectivity index (χ4n) is 8.82. The summed E-state index contributed by atoms with van der Waals surface area (Å²) in [6.07, 6.45) is 15.6. The minimum absolute atomic E-state index is 0.384. The Balaban J connectivity index is 1.16. The van der Waals surface area contributed by atoms with Gasteiger partial charge in [-0.1, -0.05) is 82.9 Å². The summed E-state index contributed by atoms with van der Waals surface area (Å²) in [4.78, 5) is 5.33. The van der Waals surface area contributed by atoms with E-state index in [1.54, 1.807) is 10.5 Å². The van der Waals surface area contributed by atoms with E-state index in [1.165, 1.54) is 136 Å². The van der Waals surface area contributed by atoms with Crippen LogP contribution in [0.15, 0.2) is 90.5 Å². The Kier molecular flexibility index (Phi) is 9.51. The molecule has 9 rings (SSSR count). The number of aromatic amines is 1. The molecule has 1 N–H and O–H groups in total. The number of thiophene rings is 2. The van der Waals surface area contributed by atoms with E-state index in [2.05, 4.69) is 124 Å². The van der Waals surface area contributed by atoms with E-state index >= 15 is 0 Å². The van der Waals surface area contributed by atoms with E-state index in [4.69, 9.17) is 0 Å². The van der Waals surface area contributed by atoms with Crippen LogP contribution in [-0.2, 0) is 19.3 Å². The van der Waals surface area contributed by atoms with Crippen molar-refractivity contribution >= 4 is 80.8 Å². The van der Waals surface area contributed by atoms with Gasteiger partial charge in [-0.25, -0.2) is 0 Å². The SMILES string of the molecule is CCCCc1ccc2sc3c(c2c1)C=C(CC)CC3c1ccc2[nH]c3ccc(-c4cc(CCCC)cc5c4sc4ccc(CCCC)cc45)cc3c2c1. The summed E-state index contributed by atoms with van der Waals surface area (Å²) in [5, 5.41) is 6.99. The zero-order valence-electron chi connectivity index (χ0n) is 31.8. The normalized spacial score (nSPS) is 14.6. The molecule has 53 heavy (non-hydrogen) atoms. The van der Waals surface area contributed by atoms with Gasteiger partial charge in [0.1, 0.15) is 0 Å². The van der Waals surface area contributed by atoms with E-state index in [9.17, 15) is 0 Å². The van der Waals surface area contributed by atoms with Crippen molar-refractivity contribution in [2.75, 3.05) is 0 Å². The number of fused-ring (bicyclic) bond motifs is 9. The van der Waals surface area contributed by atoms with Gasteiger partial charge in [0.2, 0.25) is 0 Å². The molecular formula is C50H51NS2. The van der Waals surface area contributed by atoms with Crippen LogP contribution in [0.5, 0.6) is 0 Å². The molecule has 0 saturated carbocycles. The molecule has 0 bridgehead atoms. The second-order valence-electron chi connectivity index (χ2n) is 15.6. The van der Waals surface area contributed by atoms with E-state index in [0.29, 0.717) is 5.92 Å². The Bertz CT molecular complexity index is 2660. The molecule has 1 unspecified atom stereocenters. The monoisotopic (exact) mass is 729 g/mol. The van der Waals surface area contributed by atoms with E-state index in [0.717, 1.165) is 25.7 Å². The lowest BCUT2D eigenvalue weighted by molar-refractivity contribution is 0.777. The van der Waals surface area contributed by atoms with Gasteiger partial charge in [-0.2, -0.15) is 0 Å². The molecule has 1 aliphatic carbocycles. The number of hydrogen-bond donors (Lipinski definition) is 1. The average molecular weight is 730 g/mol. The number of benzene rings is 5. The number of nitrogens with one attached hydrogen (secondary N) is 1. The maximum Gasteiger partial charge on any atom is 0.0465 e. The summed E-state index contributed by atoms with van der Waals surface area (Å²) >= 11 is 3.99. The molecule has 0 saturated heterocycles. The van der Waals surface area contributed by atoms with Gasteiger partial charge >= 0.3 is 0 Å².